The third-order valence-electron chi connectivity index (χ3n) is 4.75. The highest BCUT2D eigenvalue weighted by Gasteiger charge is 2.15. The second-order valence-electron chi connectivity index (χ2n) is 6.57. The van der Waals surface area contributed by atoms with Crippen molar-refractivity contribution in [1.29, 1.82) is 0 Å². The van der Waals surface area contributed by atoms with Crippen LogP contribution >= 0.6 is 11.8 Å². The molecule has 3 heterocycles. The van der Waals surface area contributed by atoms with Crippen molar-refractivity contribution < 1.29 is 0 Å². The normalized spacial score (nSPS) is 11.3. The summed E-state index contributed by atoms with van der Waals surface area (Å²) >= 11 is 1.51. The van der Waals surface area contributed by atoms with Gasteiger partial charge in [0.2, 0.25) is 0 Å². The first-order chi connectivity index (χ1) is 14.2. The Morgan fingerprint density at radius 3 is 2.76 bits per heavy atom. The lowest BCUT2D eigenvalue weighted by molar-refractivity contribution is 0.876. The van der Waals surface area contributed by atoms with Crippen LogP contribution in [0.25, 0.3) is 27.6 Å². The fourth-order valence-corrected chi connectivity index (χ4v) is 4.22. The Labute approximate surface area is 169 Å². The fraction of sp³-hybridized carbons (Fsp3) is 0.0952. The first kappa shape index (κ1) is 17.6. The van der Waals surface area contributed by atoms with Crippen LogP contribution in [0.5, 0.6) is 0 Å². The molecule has 0 fully saturated rings. The molecule has 5 rings (SSSR count). The van der Waals surface area contributed by atoms with Crippen LogP contribution in [0.1, 0.15) is 11.4 Å². The van der Waals surface area contributed by atoms with E-state index in [1.54, 1.807) is 10.8 Å². The van der Waals surface area contributed by atoms with Gasteiger partial charge in [-0.1, -0.05) is 42.1 Å². The lowest BCUT2D eigenvalue weighted by Gasteiger charge is -2.15. The number of nitrogens with zero attached hydrogens (tertiary/aromatic N) is 5. The summed E-state index contributed by atoms with van der Waals surface area (Å²) in [6, 6.07) is 15.3. The number of nitrogens with one attached hydrogen (secondary N) is 1. The van der Waals surface area contributed by atoms with Gasteiger partial charge in [0.15, 0.2) is 5.65 Å². The molecular formula is C21H16N6OS. The summed E-state index contributed by atoms with van der Waals surface area (Å²) in [5, 5.41) is 9.13. The lowest BCUT2D eigenvalue weighted by Crippen LogP contribution is -2.24. The zero-order chi connectivity index (χ0) is 19.8. The van der Waals surface area contributed by atoms with Gasteiger partial charge in [0.1, 0.15) is 17.2 Å². The van der Waals surface area contributed by atoms with Crippen molar-refractivity contribution >= 4 is 33.7 Å². The third-order valence-corrected chi connectivity index (χ3v) is 5.75. The number of hydrogen-bond donors (Lipinski definition) is 1. The van der Waals surface area contributed by atoms with Crippen LogP contribution in [0.3, 0.4) is 0 Å². The highest BCUT2D eigenvalue weighted by Crippen LogP contribution is 2.27. The van der Waals surface area contributed by atoms with Gasteiger partial charge in [-0.2, -0.15) is 5.10 Å². The molecule has 3 aromatic heterocycles. The van der Waals surface area contributed by atoms with Crippen molar-refractivity contribution in [1.82, 2.24) is 29.7 Å². The average Bonchev–Trinajstić information content (AvgIpc) is 3.23. The molecule has 1 N–H and O–H groups in total. The number of aryl methyl sites for hydroxylation is 1. The highest BCUT2D eigenvalue weighted by molar-refractivity contribution is 7.98. The summed E-state index contributed by atoms with van der Waals surface area (Å²) in [7, 11) is 0. The van der Waals surface area contributed by atoms with Gasteiger partial charge in [-0.3, -0.25) is 14.5 Å². The van der Waals surface area contributed by atoms with Gasteiger partial charge in [0.05, 0.1) is 33.9 Å². The molecule has 29 heavy (non-hydrogen) atoms. The van der Waals surface area contributed by atoms with E-state index in [0.29, 0.717) is 28.1 Å². The molecule has 0 unspecified atom stereocenters. The molecule has 5 aromatic rings. The molecule has 0 aliphatic heterocycles. The first-order valence-corrected chi connectivity index (χ1v) is 10.0. The molecule has 0 amide bonds. The summed E-state index contributed by atoms with van der Waals surface area (Å²) in [6.07, 6.45) is 3.21. The van der Waals surface area contributed by atoms with E-state index in [0.717, 1.165) is 21.7 Å². The van der Waals surface area contributed by atoms with E-state index in [9.17, 15) is 4.79 Å². The van der Waals surface area contributed by atoms with E-state index in [-0.39, 0.29) is 5.56 Å². The Balaban J connectivity index is 1.66. The third kappa shape index (κ3) is 3.07. The first-order valence-electron chi connectivity index (χ1n) is 9.06. The molecule has 0 aliphatic carbocycles. The molecule has 0 saturated heterocycles. The molecule has 7 nitrogen and oxygen atoms in total. The van der Waals surface area contributed by atoms with E-state index in [2.05, 4.69) is 20.2 Å². The number of fused-ring (bicyclic) bond motifs is 2. The Morgan fingerprint density at radius 1 is 1.03 bits per heavy atom. The Hall–Kier alpha value is -3.52. The maximum atomic E-state index is 13.4. The maximum Gasteiger partial charge on any atom is 0.265 e. The fourth-order valence-electron chi connectivity index (χ4n) is 3.33. The van der Waals surface area contributed by atoms with Gasteiger partial charge in [-0.25, -0.2) is 15.0 Å². The second-order valence-corrected chi connectivity index (χ2v) is 7.54. The predicted octanol–water partition coefficient (Wildman–Crippen LogP) is 3.65. The zero-order valence-corrected chi connectivity index (χ0v) is 16.3. The zero-order valence-electron chi connectivity index (χ0n) is 15.5. The average molecular weight is 400 g/mol. The van der Waals surface area contributed by atoms with E-state index >= 15 is 0 Å². The number of aromatic nitrogens is 6. The molecule has 0 aliphatic rings. The van der Waals surface area contributed by atoms with Gasteiger partial charge in [0, 0.05) is 0 Å². The van der Waals surface area contributed by atoms with Gasteiger partial charge in [-0.15, -0.1) is 0 Å². The van der Waals surface area contributed by atoms with Gasteiger partial charge >= 0.3 is 0 Å². The van der Waals surface area contributed by atoms with Gasteiger partial charge in [-0.05, 0) is 30.7 Å². The SMILES string of the molecule is Cc1ccccc1-n1c(CSc2ncnc3[nH]ncc23)nc2ccccc2c1=O. The summed E-state index contributed by atoms with van der Waals surface area (Å²) in [5.41, 5.74) is 3.15. The van der Waals surface area contributed by atoms with Gasteiger partial charge in [0.25, 0.3) is 5.56 Å². The quantitative estimate of drug-likeness (QED) is 0.366. The van der Waals surface area contributed by atoms with Crippen LogP contribution in [0.2, 0.25) is 0 Å². The summed E-state index contributed by atoms with van der Waals surface area (Å²) in [4.78, 5) is 26.7. The van der Waals surface area contributed by atoms with Crippen LogP contribution in [0.4, 0.5) is 0 Å². The Kier molecular flexibility index (Phi) is 4.33. The van der Waals surface area contributed by atoms with Crippen LogP contribution in [-0.2, 0) is 5.75 Å². The van der Waals surface area contributed by atoms with Crippen molar-refractivity contribution in [2.75, 3.05) is 0 Å². The lowest BCUT2D eigenvalue weighted by atomic mass is 10.2. The number of para-hydroxylation sites is 2. The van der Waals surface area contributed by atoms with Crippen LogP contribution in [0, 0.1) is 6.92 Å². The number of hydrogen-bond acceptors (Lipinski definition) is 6. The van der Waals surface area contributed by atoms with Crippen LogP contribution in [-0.4, -0.2) is 29.7 Å². The largest absolute Gasteiger partial charge is 0.268 e. The molecular weight excluding hydrogens is 384 g/mol. The van der Waals surface area contributed by atoms with E-state index in [4.69, 9.17) is 4.98 Å². The van der Waals surface area contributed by atoms with Crippen molar-refractivity contribution in [2.45, 2.75) is 17.7 Å². The summed E-state index contributed by atoms with van der Waals surface area (Å²) in [6.45, 7) is 1.99. The smallest absolute Gasteiger partial charge is 0.265 e. The minimum atomic E-state index is -0.0726. The Bertz CT molecular complexity index is 1410. The number of rotatable bonds is 4. The van der Waals surface area contributed by atoms with E-state index < -0.39 is 0 Å². The molecule has 8 heteroatoms. The number of benzene rings is 2. The molecule has 0 atom stereocenters. The number of aromatic amines is 1. The minimum absolute atomic E-state index is 0.0726. The second kappa shape index (κ2) is 7.14. The highest BCUT2D eigenvalue weighted by atomic mass is 32.2. The van der Waals surface area contributed by atoms with Crippen molar-refractivity contribution in [3.05, 3.63) is 82.8 Å². The number of thioether (sulfide) groups is 1. The monoisotopic (exact) mass is 400 g/mol. The topological polar surface area (TPSA) is 89.3 Å². The summed E-state index contributed by atoms with van der Waals surface area (Å²) in [5.74, 6) is 1.15. The maximum absolute atomic E-state index is 13.4. The molecule has 2 aromatic carbocycles. The van der Waals surface area contributed by atoms with Gasteiger partial charge < -0.3 is 0 Å². The minimum Gasteiger partial charge on any atom is -0.268 e. The van der Waals surface area contributed by atoms with Crippen molar-refractivity contribution in [3.63, 3.8) is 0 Å². The van der Waals surface area contributed by atoms with E-state index in [1.807, 2.05) is 55.5 Å². The molecule has 0 spiro atoms. The number of H-pyrrole nitrogens is 1. The summed E-state index contributed by atoms with van der Waals surface area (Å²) < 4.78 is 1.71. The Morgan fingerprint density at radius 2 is 1.86 bits per heavy atom. The van der Waals surface area contributed by atoms with E-state index in [1.165, 1.54) is 18.1 Å². The molecule has 0 bridgehead atoms. The molecule has 0 saturated carbocycles. The molecule has 142 valence electrons. The van der Waals surface area contributed by atoms with Crippen LogP contribution < -0.4 is 5.56 Å². The molecule has 0 radical (unpaired) electrons. The predicted molar refractivity (Wildman–Crippen MR) is 113 cm³/mol. The van der Waals surface area contributed by atoms with Crippen LogP contribution in [0.15, 0.2) is 70.9 Å². The standard InChI is InChI=1S/C21H16N6OS/c1-13-6-2-5-9-17(13)27-18(25-16-8-4-3-7-14(16)21(27)28)11-29-20-15-10-24-26-19(15)22-12-23-20/h2-10,12H,11H2,1H3,(H,22,23,24,26). The van der Waals surface area contributed by atoms with Crippen molar-refractivity contribution in [2.24, 2.45) is 0 Å². The van der Waals surface area contributed by atoms with Crippen molar-refractivity contribution in [3.8, 4) is 5.69 Å².